The minimum absolute atomic E-state index is 0.186. The van der Waals surface area contributed by atoms with E-state index in [1.165, 1.54) is 6.20 Å². The first kappa shape index (κ1) is 9.56. The van der Waals surface area contributed by atoms with Crippen LogP contribution in [0, 0.1) is 11.8 Å². The van der Waals surface area contributed by atoms with Gasteiger partial charge in [-0.2, -0.15) is 0 Å². The lowest BCUT2D eigenvalue weighted by molar-refractivity contribution is -0.107. The fourth-order valence-corrected chi connectivity index (χ4v) is 0.896. The van der Waals surface area contributed by atoms with Crippen molar-refractivity contribution in [2.45, 2.75) is 6.42 Å². The minimum Gasteiger partial charge on any atom is -0.383 e. The molecular weight excluding hydrogens is 188 g/mol. The second-order valence-corrected chi connectivity index (χ2v) is 2.70. The molecule has 13 heavy (non-hydrogen) atoms. The number of nitrogen functional groups attached to an aromatic ring is 1. The van der Waals surface area contributed by atoms with Gasteiger partial charge in [0.1, 0.15) is 12.1 Å². The van der Waals surface area contributed by atoms with Gasteiger partial charge in [-0.15, -0.1) is 0 Å². The van der Waals surface area contributed by atoms with Crippen molar-refractivity contribution in [2.75, 3.05) is 5.73 Å². The van der Waals surface area contributed by atoms with Crippen molar-refractivity contribution < 1.29 is 4.79 Å². The number of aldehydes is 1. The van der Waals surface area contributed by atoms with E-state index in [-0.39, 0.29) is 6.42 Å². The van der Waals surface area contributed by atoms with E-state index in [4.69, 9.17) is 17.3 Å². The molecule has 0 aromatic carbocycles. The SMILES string of the molecule is Nc1ncc(Cl)cc1C#CCC=O. The van der Waals surface area contributed by atoms with Crippen LogP contribution < -0.4 is 5.73 Å². The number of anilines is 1. The Morgan fingerprint density at radius 1 is 1.69 bits per heavy atom. The van der Waals surface area contributed by atoms with Crippen LogP contribution in [0.25, 0.3) is 0 Å². The van der Waals surface area contributed by atoms with E-state index in [9.17, 15) is 4.79 Å². The topological polar surface area (TPSA) is 56.0 Å². The number of nitrogens with two attached hydrogens (primary N) is 1. The molecule has 0 saturated carbocycles. The van der Waals surface area contributed by atoms with Crippen LogP contribution in [0.4, 0.5) is 5.82 Å². The van der Waals surface area contributed by atoms with E-state index < -0.39 is 0 Å². The summed E-state index contributed by atoms with van der Waals surface area (Å²) in [7, 11) is 0. The van der Waals surface area contributed by atoms with Crippen LogP contribution in [-0.4, -0.2) is 11.3 Å². The van der Waals surface area contributed by atoms with Gasteiger partial charge in [-0.1, -0.05) is 23.4 Å². The minimum atomic E-state index is 0.186. The molecule has 4 heteroatoms. The van der Waals surface area contributed by atoms with Crippen molar-refractivity contribution in [1.82, 2.24) is 4.98 Å². The molecule has 0 saturated heterocycles. The Morgan fingerprint density at radius 3 is 3.15 bits per heavy atom. The molecule has 66 valence electrons. The van der Waals surface area contributed by atoms with Crippen LogP contribution in [0.2, 0.25) is 5.02 Å². The van der Waals surface area contributed by atoms with Crippen LogP contribution in [0.1, 0.15) is 12.0 Å². The van der Waals surface area contributed by atoms with E-state index in [0.717, 1.165) is 6.29 Å². The Bertz CT molecular complexity index is 379. The molecule has 0 bridgehead atoms. The van der Waals surface area contributed by atoms with Gasteiger partial charge >= 0.3 is 0 Å². The van der Waals surface area contributed by atoms with Crippen molar-refractivity contribution in [3.8, 4) is 11.8 Å². The molecule has 2 N–H and O–H groups in total. The summed E-state index contributed by atoms with van der Waals surface area (Å²) < 4.78 is 0. The third-order valence-corrected chi connectivity index (χ3v) is 1.50. The smallest absolute Gasteiger partial charge is 0.139 e. The van der Waals surface area contributed by atoms with Crippen molar-refractivity contribution in [3.63, 3.8) is 0 Å². The predicted octanol–water partition coefficient (Wildman–Crippen LogP) is 1.26. The van der Waals surface area contributed by atoms with Gasteiger partial charge in [-0.3, -0.25) is 0 Å². The van der Waals surface area contributed by atoms with Gasteiger partial charge in [-0.25, -0.2) is 4.98 Å². The number of hydrogen-bond acceptors (Lipinski definition) is 3. The van der Waals surface area contributed by atoms with Crippen LogP contribution in [0.5, 0.6) is 0 Å². The zero-order chi connectivity index (χ0) is 9.68. The highest BCUT2D eigenvalue weighted by Gasteiger charge is 1.96. The number of pyridine rings is 1. The molecule has 1 aromatic heterocycles. The zero-order valence-electron chi connectivity index (χ0n) is 6.75. The third kappa shape index (κ3) is 2.77. The summed E-state index contributed by atoms with van der Waals surface area (Å²) in [5.74, 6) is 5.65. The summed E-state index contributed by atoms with van der Waals surface area (Å²) >= 11 is 5.67. The number of halogens is 1. The monoisotopic (exact) mass is 194 g/mol. The number of rotatable bonds is 1. The van der Waals surface area contributed by atoms with E-state index in [1.807, 2.05) is 0 Å². The maximum absolute atomic E-state index is 9.97. The molecule has 0 amide bonds. The van der Waals surface area contributed by atoms with Crippen molar-refractivity contribution in [1.29, 1.82) is 0 Å². The lowest BCUT2D eigenvalue weighted by Gasteiger charge is -1.95. The Kier molecular flexibility index (Phi) is 3.30. The van der Waals surface area contributed by atoms with Crippen LogP contribution >= 0.6 is 11.6 Å². The van der Waals surface area contributed by atoms with Crippen LogP contribution in [-0.2, 0) is 4.79 Å². The van der Waals surface area contributed by atoms with Crippen molar-refractivity contribution in [2.24, 2.45) is 0 Å². The Balaban J connectivity index is 2.95. The molecule has 1 aromatic rings. The summed E-state index contributed by atoms with van der Waals surface area (Å²) in [4.78, 5) is 13.8. The first-order chi connectivity index (χ1) is 6.24. The van der Waals surface area contributed by atoms with E-state index in [2.05, 4.69) is 16.8 Å². The Hall–Kier alpha value is -1.53. The molecule has 1 heterocycles. The van der Waals surface area contributed by atoms with Crippen molar-refractivity contribution in [3.05, 3.63) is 22.8 Å². The van der Waals surface area contributed by atoms with Gasteiger partial charge in [0, 0.05) is 6.20 Å². The van der Waals surface area contributed by atoms with Gasteiger partial charge < -0.3 is 10.5 Å². The molecule has 0 aliphatic heterocycles. The second kappa shape index (κ2) is 4.48. The molecule has 0 unspecified atom stereocenters. The van der Waals surface area contributed by atoms with E-state index >= 15 is 0 Å². The first-order valence-corrected chi connectivity index (χ1v) is 3.95. The molecular formula is C9H7ClN2O. The number of carbonyl (C=O) groups excluding carboxylic acids is 1. The zero-order valence-corrected chi connectivity index (χ0v) is 7.51. The number of aromatic nitrogens is 1. The lowest BCUT2D eigenvalue weighted by Crippen LogP contribution is -1.93. The average Bonchev–Trinajstić information content (AvgIpc) is 2.11. The largest absolute Gasteiger partial charge is 0.383 e. The van der Waals surface area contributed by atoms with E-state index in [0.29, 0.717) is 16.4 Å². The first-order valence-electron chi connectivity index (χ1n) is 3.57. The van der Waals surface area contributed by atoms with Crippen LogP contribution in [0.15, 0.2) is 12.3 Å². The fraction of sp³-hybridized carbons (Fsp3) is 0.111. The summed E-state index contributed by atoms with van der Waals surface area (Å²) in [6, 6.07) is 1.61. The highest BCUT2D eigenvalue weighted by atomic mass is 35.5. The molecule has 0 radical (unpaired) electrons. The Labute approximate surface area is 80.9 Å². The van der Waals surface area contributed by atoms with Gasteiger partial charge in [-0.05, 0) is 6.07 Å². The molecule has 1 rings (SSSR count). The van der Waals surface area contributed by atoms with Gasteiger partial charge in [0.25, 0.3) is 0 Å². The number of carbonyl (C=O) groups is 1. The third-order valence-electron chi connectivity index (χ3n) is 1.29. The molecule has 0 atom stereocenters. The van der Waals surface area contributed by atoms with Gasteiger partial charge in [0.2, 0.25) is 0 Å². The van der Waals surface area contributed by atoms with Gasteiger partial charge in [0.15, 0.2) is 0 Å². The molecule has 3 nitrogen and oxygen atoms in total. The highest BCUT2D eigenvalue weighted by Crippen LogP contribution is 2.13. The molecule has 0 fully saturated rings. The fourth-order valence-electron chi connectivity index (χ4n) is 0.738. The van der Waals surface area contributed by atoms with E-state index in [1.54, 1.807) is 6.07 Å². The average molecular weight is 195 g/mol. The number of nitrogens with zero attached hydrogens (tertiary/aromatic N) is 1. The van der Waals surface area contributed by atoms with Gasteiger partial charge in [0.05, 0.1) is 17.0 Å². The summed E-state index contributed by atoms with van der Waals surface area (Å²) in [5.41, 5.74) is 6.06. The quantitative estimate of drug-likeness (QED) is 0.541. The summed E-state index contributed by atoms with van der Waals surface area (Å²) in [6.07, 6.45) is 2.36. The molecule has 0 aliphatic carbocycles. The maximum atomic E-state index is 9.97. The molecule has 0 spiro atoms. The van der Waals surface area contributed by atoms with Crippen molar-refractivity contribution >= 4 is 23.7 Å². The normalized spacial score (nSPS) is 8.69. The molecule has 0 aliphatic rings. The standard InChI is InChI=1S/C9H7ClN2O/c10-8-5-7(3-1-2-4-13)9(11)12-6-8/h4-6H,2H2,(H2,11,12). The Morgan fingerprint density at radius 2 is 2.46 bits per heavy atom. The summed E-state index contributed by atoms with van der Waals surface area (Å²) in [5, 5.41) is 0.476. The summed E-state index contributed by atoms with van der Waals surface area (Å²) in [6.45, 7) is 0. The van der Waals surface area contributed by atoms with Crippen LogP contribution in [0.3, 0.4) is 0 Å². The highest BCUT2D eigenvalue weighted by molar-refractivity contribution is 6.30. The number of hydrogen-bond donors (Lipinski definition) is 1. The second-order valence-electron chi connectivity index (χ2n) is 2.26. The predicted molar refractivity (Wildman–Crippen MR) is 51.2 cm³/mol. The lowest BCUT2D eigenvalue weighted by atomic mass is 10.2. The maximum Gasteiger partial charge on any atom is 0.139 e.